The van der Waals surface area contributed by atoms with E-state index in [2.05, 4.69) is 27.1 Å². The normalized spacial score (nSPS) is 14.3. The molecule has 1 N–H and O–H groups in total. The number of anilines is 2. The number of unbranched alkanes of at least 4 members (excludes halogenated alkanes) is 1. The number of aromatic nitrogens is 2. The summed E-state index contributed by atoms with van der Waals surface area (Å²) in [6, 6.07) is 9.59. The summed E-state index contributed by atoms with van der Waals surface area (Å²) < 4.78 is 0. The molecule has 2 aromatic rings. The molecule has 1 aliphatic rings. The van der Waals surface area contributed by atoms with Crippen LogP contribution < -0.4 is 10.2 Å². The van der Waals surface area contributed by atoms with Crippen molar-refractivity contribution >= 4 is 29.1 Å². The van der Waals surface area contributed by atoms with Gasteiger partial charge >= 0.3 is 0 Å². The first-order valence-electron chi connectivity index (χ1n) is 9.46. The van der Waals surface area contributed by atoms with E-state index in [9.17, 15) is 4.79 Å². The number of piperazine rings is 1. The molecule has 27 heavy (non-hydrogen) atoms. The fraction of sp³-hybridized carbons (Fsp3) is 0.450. The highest BCUT2D eigenvalue weighted by Crippen LogP contribution is 2.21. The maximum absolute atomic E-state index is 12.9. The first kappa shape index (κ1) is 19.4. The minimum absolute atomic E-state index is 0.0372. The fourth-order valence-electron chi connectivity index (χ4n) is 3.14. The summed E-state index contributed by atoms with van der Waals surface area (Å²) in [6.45, 7) is 7.71. The van der Waals surface area contributed by atoms with Gasteiger partial charge in [-0.1, -0.05) is 31.0 Å². The van der Waals surface area contributed by atoms with Crippen LogP contribution in [0.4, 0.5) is 11.6 Å². The molecule has 3 rings (SSSR count). The van der Waals surface area contributed by atoms with Crippen LogP contribution in [0.2, 0.25) is 5.02 Å². The van der Waals surface area contributed by atoms with Gasteiger partial charge in [-0.3, -0.25) is 4.79 Å². The summed E-state index contributed by atoms with van der Waals surface area (Å²) in [5.41, 5.74) is 2.34. The monoisotopic (exact) mass is 387 g/mol. The smallest absolute Gasteiger partial charge is 0.272 e. The lowest BCUT2D eigenvalue weighted by Crippen LogP contribution is -2.49. The molecule has 2 heterocycles. The lowest BCUT2D eigenvalue weighted by molar-refractivity contribution is 0.0740. The number of carbonyl (C=O) groups excluding carboxylic acids is 1. The Morgan fingerprint density at radius 2 is 1.96 bits per heavy atom. The van der Waals surface area contributed by atoms with Crippen molar-refractivity contribution in [2.45, 2.75) is 26.7 Å². The first-order valence-corrected chi connectivity index (χ1v) is 9.84. The molecule has 6 nitrogen and oxygen atoms in total. The zero-order valence-corrected chi connectivity index (χ0v) is 16.7. The maximum atomic E-state index is 12.9. The maximum Gasteiger partial charge on any atom is 0.272 e. The highest BCUT2D eigenvalue weighted by atomic mass is 35.5. The molecule has 144 valence electrons. The Morgan fingerprint density at radius 1 is 1.19 bits per heavy atom. The van der Waals surface area contributed by atoms with Crippen molar-refractivity contribution in [2.75, 3.05) is 42.9 Å². The minimum Gasteiger partial charge on any atom is -0.368 e. The number of rotatable bonds is 6. The Hall–Kier alpha value is -2.34. The third kappa shape index (κ3) is 5.10. The van der Waals surface area contributed by atoms with E-state index in [0.717, 1.165) is 48.9 Å². The molecular weight excluding hydrogens is 362 g/mol. The molecule has 1 aliphatic heterocycles. The van der Waals surface area contributed by atoms with Gasteiger partial charge in [-0.05, 0) is 37.6 Å². The van der Waals surface area contributed by atoms with Crippen LogP contribution in [-0.4, -0.2) is 53.5 Å². The van der Waals surface area contributed by atoms with Crippen LogP contribution >= 0.6 is 11.6 Å². The van der Waals surface area contributed by atoms with Crippen LogP contribution in [0.5, 0.6) is 0 Å². The van der Waals surface area contributed by atoms with Gasteiger partial charge in [0.05, 0.1) is 0 Å². The number of carbonyl (C=O) groups is 1. The molecule has 1 aromatic carbocycles. The quantitative estimate of drug-likeness (QED) is 0.767. The van der Waals surface area contributed by atoms with E-state index in [4.69, 9.17) is 11.6 Å². The number of benzene rings is 1. The van der Waals surface area contributed by atoms with E-state index in [0.29, 0.717) is 24.7 Å². The van der Waals surface area contributed by atoms with Gasteiger partial charge in [-0.15, -0.1) is 0 Å². The van der Waals surface area contributed by atoms with Gasteiger partial charge in [0.1, 0.15) is 5.69 Å². The predicted octanol–water partition coefficient (Wildman–Crippen LogP) is 3.61. The highest BCUT2D eigenvalue weighted by molar-refractivity contribution is 6.30. The average molecular weight is 388 g/mol. The van der Waals surface area contributed by atoms with Gasteiger partial charge in [-0.25, -0.2) is 9.97 Å². The molecule has 0 aliphatic carbocycles. The van der Waals surface area contributed by atoms with Crippen molar-refractivity contribution < 1.29 is 4.79 Å². The molecule has 0 radical (unpaired) electrons. The molecule has 0 atom stereocenters. The summed E-state index contributed by atoms with van der Waals surface area (Å²) in [5, 5.41) is 3.93. The summed E-state index contributed by atoms with van der Waals surface area (Å²) in [7, 11) is 0. The predicted molar refractivity (Wildman–Crippen MR) is 110 cm³/mol. The Balaban J connectivity index is 1.63. The molecule has 0 unspecified atom stereocenters. The largest absolute Gasteiger partial charge is 0.368 e. The van der Waals surface area contributed by atoms with E-state index < -0.39 is 0 Å². The van der Waals surface area contributed by atoms with E-state index >= 15 is 0 Å². The Kier molecular flexibility index (Phi) is 6.50. The molecule has 1 saturated heterocycles. The van der Waals surface area contributed by atoms with Gasteiger partial charge in [0, 0.05) is 49.1 Å². The SMILES string of the molecule is CCCCNc1nc(C)cc(C(=O)N2CCN(c3cccc(Cl)c3)CC2)n1. The van der Waals surface area contributed by atoms with Gasteiger partial charge in [0.2, 0.25) is 5.95 Å². The highest BCUT2D eigenvalue weighted by Gasteiger charge is 2.24. The zero-order chi connectivity index (χ0) is 19.2. The Morgan fingerprint density at radius 3 is 2.67 bits per heavy atom. The second-order valence-corrected chi connectivity index (χ2v) is 7.19. The number of nitrogens with zero attached hydrogens (tertiary/aromatic N) is 4. The summed E-state index contributed by atoms with van der Waals surface area (Å²) in [5.74, 6) is 0.495. The lowest BCUT2D eigenvalue weighted by atomic mass is 10.2. The molecule has 0 bridgehead atoms. The van der Waals surface area contributed by atoms with E-state index in [1.807, 2.05) is 36.1 Å². The molecule has 0 spiro atoms. The molecule has 0 saturated carbocycles. The van der Waals surface area contributed by atoms with Crippen molar-refractivity contribution in [3.8, 4) is 0 Å². The lowest BCUT2D eigenvalue weighted by Gasteiger charge is -2.36. The Labute approximate surface area is 165 Å². The molecule has 1 fully saturated rings. The third-order valence-electron chi connectivity index (χ3n) is 4.63. The van der Waals surface area contributed by atoms with Crippen molar-refractivity contribution in [1.82, 2.24) is 14.9 Å². The van der Waals surface area contributed by atoms with Gasteiger partial charge in [0.15, 0.2) is 0 Å². The van der Waals surface area contributed by atoms with Gasteiger partial charge < -0.3 is 15.1 Å². The van der Waals surface area contributed by atoms with Crippen LogP contribution in [0.25, 0.3) is 0 Å². The number of aryl methyl sites for hydroxylation is 1. The van der Waals surface area contributed by atoms with Crippen LogP contribution in [0.3, 0.4) is 0 Å². The van der Waals surface area contributed by atoms with Crippen molar-refractivity contribution in [1.29, 1.82) is 0 Å². The standard InChI is InChI=1S/C20H26ClN5O/c1-3-4-8-22-20-23-15(2)13-18(24-20)19(27)26-11-9-25(10-12-26)17-7-5-6-16(21)14-17/h5-7,13-14H,3-4,8-12H2,1-2H3,(H,22,23,24). The number of nitrogens with one attached hydrogen (secondary N) is 1. The van der Waals surface area contributed by atoms with Crippen molar-refractivity contribution in [2.24, 2.45) is 0 Å². The number of hydrogen-bond acceptors (Lipinski definition) is 5. The minimum atomic E-state index is -0.0372. The average Bonchev–Trinajstić information content (AvgIpc) is 2.67. The number of hydrogen-bond donors (Lipinski definition) is 1. The second-order valence-electron chi connectivity index (χ2n) is 6.76. The number of halogens is 1. The van der Waals surface area contributed by atoms with Crippen molar-refractivity contribution in [3.05, 3.63) is 46.7 Å². The van der Waals surface area contributed by atoms with Crippen LogP contribution in [0, 0.1) is 6.92 Å². The molecule has 1 amide bonds. The first-order chi connectivity index (χ1) is 13.1. The van der Waals surface area contributed by atoms with E-state index in [1.54, 1.807) is 6.07 Å². The number of amides is 1. The summed E-state index contributed by atoms with van der Waals surface area (Å²) >= 11 is 6.09. The van der Waals surface area contributed by atoms with Gasteiger partial charge in [0.25, 0.3) is 5.91 Å². The summed E-state index contributed by atoms with van der Waals surface area (Å²) in [6.07, 6.45) is 2.15. The van der Waals surface area contributed by atoms with E-state index in [1.165, 1.54) is 0 Å². The van der Waals surface area contributed by atoms with E-state index in [-0.39, 0.29) is 5.91 Å². The van der Waals surface area contributed by atoms with Crippen LogP contribution in [-0.2, 0) is 0 Å². The second kappa shape index (κ2) is 9.04. The zero-order valence-electron chi connectivity index (χ0n) is 15.9. The third-order valence-corrected chi connectivity index (χ3v) is 4.86. The van der Waals surface area contributed by atoms with Crippen LogP contribution in [0.15, 0.2) is 30.3 Å². The molecular formula is C20H26ClN5O. The molecule has 1 aromatic heterocycles. The van der Waals surface area contributed by atoms with Crippen LogP contribution in [0.1, 0.15) is 35.9 Å². The Bertz CT molecular complexity index is 790. The fourth-order valence-corrected chi connectivity index (χ4v) is 3.32. The summed E-state index contributed by atoms with van der Waals surface area (Å²) in [4.78, 5) is 25.8. The van der Waals surface area contributed by atoms with Gasteiger partial charge in [-0.2, -0.15) is 0 Å². The topological polar surface area (TPSA) is 61.4 Å². The van der Waals surface area contributed by atoms with Crippen molar-refractivity contribution in [3.63, 3.8) is 0 Å². The molecule has 7 heteroatoms.